The summed E-state index contributed by atoms with van der Waals surface area (Å²) in [4.78, 5) is 18.4. The predicted molar refractivity (Wildman–Crippen MR) is 69.0 cm³/mol. The molecule has 2 aromatic heterocycles. The topological polar surface area (TPSA) is 92.9 Å². The molecule has 0 saturated carbocycles. The van der Waals surface area contributed by atoms with Crippen molar-refractivity contribution in [1.29, 1.82) is 0 Å². The second-order valence-corrected chi connectivity index (χ2v) is 4.02. The zero-order valence-corrected chi connectivity index (χ0v) is 10.8. The van der Waals surface area contributed by atoms with E-state index in [4.69, 9.17) is 5.11 Å². The molecule has 0 aliphatic rings. The molecule has 0 atom stereocenters. The van der Waals surface area contributed by atoms with E-state index in [1.807, 2.05) is 24.7 Å². The van der Waals surface area contributed by atoms with Gasteiger partial charge in [-0.3, -0.25) is 4.68 Å². The van der Waals surface area contributed by atoms with Crippen LogP contribution in [0.5, 0.6) is 0 Å². The highest BCUT2D eigenvalue weighted by atomic mass is 16.4. The number of hydrogen-bond donors (Lipinski definition) is 2. The van der Waals surface area contributed by atoms with Crippen LogP contribution in [0.15, 0.2) is 18.6 Å². The first-order chi connectivity index (χ1) is 9.11. The first-order valence-corrected chi connectivity index (χ1v) is 5.92. The molecule has 2 rings (SSSR count). The largest absolute Gasteiger partial charge is 0.476 e. The highest BCUT2D eigenvalue weighted by Gasteiger charge is 2.07. The normalized spacial score (nSPS) is 10.4. The molecule has 0 aliphatic heterocycles. The summed E-state index contributed by atoms with van der Waals surface area (Å²) in [6, 6.07) is 0. The summed E-state index contributed by atoms with van der Waals surface area (Å²) in [6.07, 6.45) is 4.45. The van der Waals surface area contributed by atoms with Crippen molar-refractivity contribution >= 4 is 11.8 Å². The van der Waals surface area contributed by atoms with Crippen LogP contribution in [0.4, 0.5) is 5.82 Å². The van der Waals surface area contributed by atoms with Crippen molar-refractivity contribution in [3.8, 4) is 0 Å². The number of aryl methyl sites for hydroxylation is 1. The fourth-order valence-electron chi connectivity index (χ4n) is 1.69. The van der Waals surface area contributed by atoms with Crippen LogP contribution in [0.2, 0.25) is 0 Å². The molecule has 0 spiro atoms. The zero-order chi connectivity index (χ0) is 13.8. The molecule has 7 heteroatoms. The van der Waals surface area contributed by atoms with Crippen molar-refractivity contribution in [3.05, 3.63) is 35.5 Å². The molecule has 0 radical (unpaired) electrons. The maximum atomic E-state index is 10.6. The monoisotopic (exact) mass is 261 g/mol. The average Bonchev–Trinajstić information content (AvgIpc) is 2.77. The van der Waals surface area contributed by atoms with Crippen LogP contribution in [0.1, 0.15) is 28.7 Å². The number of anilines is 1. The predicted octanol–water partition coefficient (Wildman–Crippen LogP) is 1.31. The summed E-state index contributed by atoms with van der Waals surface area (Å²) < 4.78 is 1.91. The van der Waals surface area contributed by atoms with Gasteiger partial charge in [0.2, 0.25) is 0 Å². The molecule has 0 saturated heterocycles. The van der Waals surface area contributed by atoms with Crippen molar-refractivity contribution in [3.63, 3.8) is 0 Å². The van der Waals surface area contributed by atoms with Gasteiger partial charge in [-0.15, -0.1) is 0 Å². The average molecular weight is 261 g/mol. The quantitative estimate of drug-likeness (QED) is 0.843. The minimum atomic E-state index is -1.08. The minimum Gasteiger partial charge on any atom is -0.476 e. The Morgan fingerprint density at radius 3 is 2.68 bits per heavy atom. The number of aromatic nitrogens is 4. The van der Waals surface area contributed by atoms with Gasteiger partial charge in [-0.2, -0.15) is 5.10 Å². The summed E-state index contributed by atoms with van der Waals surface area (Å²) in [5.74, 6) is -0.548. The summed E-state index contributed by atoms with van der Waals surface area (Å²) in [5, 5.41) is 16.0. The molecule has 2 N–H and O–H groups in total. The van der Waals surface area contributed by atoms with Crippen LogP contribution >= 0.6 is 0 Å². The standard InChI is InChI=1S/C12H15N5O2/c1-3-17-8(2)9(5-16-17)4-14-11-7-13-10(6-15-11)12(18)19/h5-7H,3-4H2,1-2H3,(H,14,15)(H,18,19). The molecule has 100 valence electrons. The van der Waals surface area contributed by atoms with Crippen molar-refractivity contribution < 1.29 is 9.90 Å². The fraction of sp³-hybridized carbons (Fsp3) is 0.333. The van der Waals surface area contributed by atoms with Gasteiger partial charge in [-0.25, -0.2) is 14.8 Å². The van der Waals surface area contributed by atoms with Crippen LogP contribution in [0, 0.1) is 6.92 Å². The number of nitrogens with zero attached hydrogens (tertiary/aromatic N) is 4. The van der Waals surface area contributed by atoms with E-state index in [0.29, 0.717) is 12.4 Å². The first-order valence-electron chi connectivity index (χ1n) is 5.92. The van der Waals surface area contributed by atoms with Gasteiger partial charge in [0.05, 0.1) is 18.6 Å². The van der Waals surface area contributed by atoms with Gasteiger partial charge in [0, 0.05) is 24.3 Å². The Bertz CT molecular complexity index is 576. The molecule has 19 heavy (non-hydrogen) atoms. The van der Waals surface area contributed by atoms with Gasteiger partial charge in [-0.05, 0) is 13.8 Å². The Morgan fingerprint density at radius 1 is 1.37 bits per heavy atom. The van der Waals surface area contributed by atoms with E-state index < -0.39 is 5.97 Å². The van der Waals surface area contributed by atoms with Gasteiger partial charge < -0.3 is 10.4 Å². The SMILES string of the molecule is CCn1ncc(CNc2cnc(C(=O)O)cn2)c1C. The van der Waals surface area contributed by atoms with E-state index in [2.05, 4.69) is 20.4 Å². The summed E-state index contributed by atoms with van der Waals surface area (Å²) in [6.45, 7) is 5.45. The molecule has 0 aliphatic carbocycles. The summed E-state index contributed by atoms with van der Waals surface area (Å²) in [7, 11) is 0. The number of aromatic carboxylic acids is 1. The lowest BCUT2D eigenvalue weighted by molar-refractivity contribution is 0.0690. The Morgan fingerprint density at radius 2 is 2.16 bits per heavy atom. The van der Waals surface area contributed by atoms with E-state index in [1.165, 1.54) is 12.4 Å². The summed E-state index contributed by atoms with van der Waals surface area (Å²) in [5.41, 5.74) is 2.11. The smallest absolute Gasteiger partial charge is 0.356 e. The zero-order valence-electron chi connectivity index (χ0n) is 10.8. The van der Waals surface area contributed by atoms with Crippen LogP contribution in [-0.4, -0.2) is 30.8 Å². The van der Waals surface area contributed by atoms with Crippen molar-refractivity contribution in [1.82, 2.24) is 19.7 Å². The lowest BCUT2D eigenvalue weighted by atomic mass is 10.2. The van der Waals surface area contributed by atoms with E-state index in [1.54, 1.807) is 0 Å². The number of rotatable bonds is 5. The molecule has 0 fully saturated rings. The Kier molecular flexibility index (Phi) is 3.74. The molecule has 0 unspecified atom stereocenters. The highest BCUT2D eigenvalue weighted by Crippen LogP contribution is 2.10. The molecule has 7 nitrogen and oxygen atoms in total. The Balaban J connectivity index is 2.02. The number of carboxylic acids is 1. The van der Waals surface area contributed by atoms with Gasteiger partial charge >= 0.3 is 5.97 Å². The number of nitrogens with one attached hydrogen (secondary N) is 1. The molecule has 2 heterocycles. The third kappa shape index (κ3) is 2.87. The second kappa shape index (κ2) is 5.47. The minimum absolute atomic E-state index is 0.0690. The van der Waals surface area contributed by atoms with E-state index in [0.717, 1.165) is 17.8 Å². The van der Waals surface area contributed by atoms with Gasteiger partial charge in [0.1, 0.15) is 5.82 Å². The van der Waals surface area contributed by atoms with Crippen LogP contribution in [0.25, 0.3) is 0 Å². The molecule has 2 aromatic rings. The second-order valence-electron chi connectivity index (χ2n) is 4.02. The lowest BCUT2D eigenvalue weighted by Crippen LogP contribution is -2.06. The highest BCUT2D eigenvalue weighted by molar-refractivity contribution is 5.84. The summed E-state index contributed by atoms with van der Waals surface area (Å²) >= 11 is 0. The third-order valence-corrected chi connectivity index (χ3v) is 2.84. The van der Waals surface area contributed by atoms with Crippen LogP contribution in [0.3, 0.4) is 0 Å². The maximum absolute atomic E-state index is 10.6. The third-order valence-electron chi connectivity index (χ3n) is 2.84. The van der Waals surface area contributed by atoms with Crippen LogP contribution in [-0.2, 0) is 13.1 Å². The lowest BCUT2D eigenvalue weighted by Gasteiger charge is -2.05. The van der Waals surface area contributed by atoms with Gasteiger partial charge in [0.25, 0.3) is 0 Å². The molecular weight excluding hydrogens is 246 g/mol. The molecule has 0 amide bonds. The van der Waals surface area contributed by atoms with E-state index in [9.17, 15) is 4.79 Å². The Hall–Kier alpha value is -2.44. The van der Waals surface area contributed by atoms with Crippen molar-refractivity contribution in [2.24, 2.45) is 0 Å². The van der Waals surface area contributed by atoms with Crippen molar-refractivity contribution in [2.75, 3.05) is 5.32 Å². The van der Waals surface area contributed by atoms with E-state index >= 15 is 0 Å². The van der Waals surface area contributed by atoms with Gasteiger partial charge in [0.15, 0.2) is 5.69 Å². The van der Waals surface area contributed by atoms with Crippen molar-refractivity contribution in [2.45, 2.75) is 26.9 Å². The van der Waals surface area contributed by atoms with Gasteiger partial charge in [-0.1, -0.05) is 0 Å². The number of carboxylic acid groups (broad SMARTS) is 1. The Labute approximate surface area is 110 Å². The number of carbonyl (C=O) groups is 1. The molecule has 0 bridgehead atoms. The van der Waals surface area contributed by atoms with Crippen LogP contribution < -0.4 is 5.32 Å². The number of hydrogen-bond acceptors (Lipinski definition) is 5. The fourth-order valence-corrected chi connectivity index (χ4v) is 1.69. The first kappa shape index (κ1) is 13.0. The molecular formula is C12H15N5O2. The van der Waals surface area contributed by atoms with E-state index in [-0.39, 0.29) is 5.69 Å². The maximum Gasteiger partial charge on any atom is 0.356 e. The molecule has 0 aromatic carbocycles.